The smallest absolute Gasteiger partial charge is 0.433 e. The molecule has 1 atom stereocenters. The number of nitrogens with zero attached hydrogens (tertiary/aromatic N) is 2. The van der Waals surface area contributed by atoms with E-state index in [1.54, 1.807) is 0 Å². The van der Waals surface area contributed by atoms with Crippen molar-refractivity contribution in [1.82, 2.24) is 4.98 Å². The molecule has 7 nitrogen and oxygen atoms in total. The molecule has 0 saturated carbocycles. The van der Waals surface area contributed by atoms with Crippen LogP contribution in [-0.2, 0) is 11.0 Å². The average Bonchev–Trinajstić information content (AvgIpc) is 2.34. The minimum Gasteiger partial charge on any atom is -0.481 e. The van der Waals surface area contributed by atoms with Gasteiger partial charge in [-0.15, -0.1) is 0 Å². The molecular formula is C10H10F3N3O4. The summed E-state index contributed by atoms with van der Waals surface area (Å²) in [5.41, 5.74) is -2.38. The van der Waals surface area contributed by atoms with Gasteiger partial charge in [0.15, 0.2) is 0 Å². The average molecular weight is 293 g/mol. The van der Waals surface area contributed by atoms with E-state index in [0.29, 0.717) is 12.3 Å². The van der Waals surface area contributed by atoms with Gasteiger partial charge in [-0.1, -0.05) is 6.92 Å². The monoisotopic (exact) mass is 293 g/mol. The van der Waals surface area contributed by atoms with Crippen molar-refractivity contribution in [2.24, 2.45) is 5.92 Å². The van der Waals surface area contributed by atoms with Crippen molar-refractivity contribution in [2.75, 3.05) is 11.9 Å². The van der Waals surface area contributed by atoms with Crippen molar-refractivity contribution in [2.45, 2.75) is 13.1 Å². The fourth-order valence-corrected chi connectivity index (χ4v) is 1.24. The topological polar surface area (TPSA) is 105 Å². The molecule has 1 aromatic heterocycles. The Morgan fingerprint density at radius 3 is 2.65 bits per heavy atom. The number of nitrogens with one attached hydrogen (secondary N) is 1. The molecule has 0 spiro atoms. The number of pyridine rings is 1. The Labute approximate surface area is 110 Å². The highest BCUT2D eigenvalue weighted by molar-refractivity contribution is 5.71. The number of anilines is 1. The predicted molar refractivity (Wildman–Crippen MR) is 61.2 cm³/mol. The van der Waals surface area contributed by atoms with Crippen LogP contribution in [0.3, 0.4) is 0 Å². The molecule has 0 aliphatic rings. The minimum absolute atomic E-state index is 0.252. The molecule has 0 radical (unpaired) electrons. The molecule has 0 amide bonds. The van der Waals surface area contributed by atoms with E-state index in [1.807, 2.05) is 0 Å². The van der Waals surface area contributed by atoms with E-state index >= 15 is 0 Å². The van der Waals surface area contributed by atoms with Crippen LogP contribution in [0.15, 0.2) is 12.3 Å². The van der Waals surface area contributed by atoms with Crippen LogP contribution < -0.4 is 5.32 Å². The summed E-state index contributed by atoms with van der Waals surface area (Å²) < 4.78 is 37.4. The third-order valence-corrected chi connectivity index (χ3v) is 2.39. The molecule has 0 aromatic carbocycles. The molecule has 110 valence electrons. The van der Waals surface area contributed by atoms with Gasteiger partial charge in [0.05, 0.1) is 10.8 Å². The third kappa shape index (κ3) is 3.80. The summed E-state index contributed by atoms with van der Waals surface area (Å²) in [5, 5.41) is 21.7. The summed E-state index contributed by atoms with van der Waals surface area (Å²) in [5.74, 6) is -2.10. The quantitative estimate of drug-likeness (QED) is 0.636. The van der Waals surface area contributed by atoms with E-state index < -0.39 is 40.1 Å². The van der Waals surface area contributed by atoms with E-state index in [4.69, 9.17) is 5.11 Å². The second kappa shape index (κ2) is 5.72. The van der Waals surface area contributed by atoms with Gasteiger partial charge in [-0.3, -0.25) is 14.9 Å². The molecule has 0 fully saturated rings. The number of hydrogen-bond acceptors (Lipinski definition) is 5. The molecule has 0 saturated heterocycles. The number of alkyl halides is 3. The first-order valence-electron chi connectivity index (χ1n) is 5.31. The van der Waals surface area contributed by atoms with Crippen LogP contribution in [0.25, 0.3) is 0 Å². The lowest BCUT2D eigenvalue weighted by atomic mass is 10.2. The predicted octanol–water partition coefficient (Wildman–Crippen LogP) is 2.14. The first kappa shape index (κ1) is 15.7. The fraction of sp³-hybridized carbons (Fsp3) is 0.400. The standard InChI is InChI=1S/C10H10F3N3O4/c1-5(9(17)18)3-14-6-2-8(10(11,12)13)15-4-7(6)16(19)20/h2,4-5H,3H2,1H3,(H,14,15)(H,17,18). The number of aliphatic carboxylic acids is 1. The normalized spacial score (nSPS) is 12.8. The number of carboxylic acids is 1. The second-order valence-electron chi connectivity index (χ2n) is 3.96. The molecule has 20 heavy (non-hydrogen) atoms. The molecule has 1 aromatic rings. The van der Waals surface area contributed by atoms with Gasteiger partial charge in [0.2, 0.25) is 0 Å². The number of aromatic nitrogens is 1. The van der Waals surface area contributed by atoms with Crippen LogP contribution in [0.1, 0.15) is 12.6 Å². The molecular weight excluding hydrogens is 283 g/mol. The number of rotatable bonds is 5. The van der Waals surface area contributed by atoms with Gasteiger partial charge < -0.3 is 10.4 Å². The SMILES string of the molecule is CC(CNc1cc(C(F)(F)F)ncc1[N+](=O)[O-])C(=O)O. The van der Waals surface area contributed by atoms with E-state index in [9.17, 15) is 28.1 Å². The first-order chi connectivity index (χ1) is 9.12. The highest BCUT2D eigenvalue weighted by atomic mass is 19.4. The maximum absolute atomic E-state index is 12.5. The summed E-state index contributed by atoms with van der Waals surface area (Å²) in [6, 6.07) is 0.479. The number of carbonyl (C=O) groups is 1. The largest absolute Gasteiger partial charge is 0.481 e. The molecule has 1 heterocycles. The Bertz CT molecular complexity index is 533. The molecule has 1 unspecified atom stereocenters. The van der Waals surface area contributed by atoms with Gasteiger partial charge >= 0.3 is 17.8 Å². The van der Waals surface area contributed by atoms with Crippen LogP contribution in [0.2, 0.25) is 0 Å². The van der Waals surface area contributed by atoms with Crippen molar-refractivity contribution in [3.8, 4) is 0 Å². The zero-order chi connectivity index (χ0) is 15.5. The maximum atomic E-state index is 12.5. The highest BCUT2D eigenvalue weighted by Gasteiger charge is 2.34. The molecule has 1 rings (SSSR count). The van der Waals surface area contributed by atoms with E-state index in [1.165, 1.54) is 6.92 Å². The summed E-state index contributed by atoms with van der Waals surface area (Å²) >= 11 is 0. The first-order valence-corrected chi connectivity index (χ1v) is 5.31. The summed E-state index contributed by atoms with van der Waals surface area (Å²) in [6.45, 7) is 1.06. The number of carboxylic acid groups (broad SMARTS) is 1. The van der Waals surface area contributed by atoms with E-state index in [2.05, 4.69) is 10.3 Å². The summed E-state index contributed by atoms with van der Waals surface area (Å²) in [6.07, 6.45) is -4.26. The van der Waals surface area contributed by atoms with Gasteiger partial charge in [-0.2, -0.15) is 13.2 Å². The van der Waals surface area contributed by atoms with E-state index in [0.717, 1.165) is 0 Å². The van der Waals surface area contributed by atoms with Crippen molar-refractivity contribution in [1.29, 1.82) is 0 Å². The Morgan fingerprint density at radius 1 is 1.60 bits per heavy atom. The Hall–Kier alpha value is -2.39. The van der Waals surface area contributed by atoms with Gasteiger partial charge in [0.25, 0.3) is 0 Å². The van der Waals surface area contributed by atoms with Gasteiger partial charge in [-0.05, 0) is 6.07 Å². The van der Waals surface area contributed by atoms with Gasteiger partial charge in [-0.25, -0.2) is 4.98 Å². The van der Waals surface area contributed by atoms with Gasteiger partial charge in [0.1, 0.15) is 17.6 Å². The van der Waals surface area contributed by atoms with Crippen molar-refractivity contribution in [3.63, 3.8) is 0 Å². The number of nitro groups is 1. The zero-order valence-corrected chi connectivity index (χ0v) is 10.1. The number of hydrogen-bond donors (Lipinski definition) is 2. The fourth-order valence-electron chi connectivity index (χ4n) is 1.24. The van der Waals surface area contributed by atoms with Crippen molar-refractivity contribution in [3.05, 3.63) is 28.1 Å². The second-order valence-corrected chi connectivity index (χ2v) is 3.96. The third-order valence-electron chi connectivity index (χ3n) is 2.39. The van der Waals surface area contributed by atoms with Crippen molar-refractivity contribution < 1.29 is 28.0 Å². The summed E-state index contributed by atoms with van der Waals surface area (Å²) in [7, 11) is 0. The van der Waals surface area contributed by atoms with E-state index in [-0.39, 0.29) is 6.54 Å². The molecule has 2 N–H and O–H groups in total. The Balaban J connectivity index is 3.07. The minimum atomic E-state index is -4.75. The number of halogens is 3. The molecule has 0 aliphatic carbocycles. The van der Waals surface area contributed by atoms with Gasteiger partial charge in [0, 0.05) is 6.54 Å². The van der Waals surface area contributed by atoms with Crippen molar-refractivity contribution >= 4 is 17.3 Å². The highest BCUT2D eigenvalue weighted by Crippen LogP contribution is 2.32. The molecule has 10 heteroatoms. The van der Waals surface area contributed by atoms with Crippen LogP contribution >= 0.6 is 0 Å². The molecule has 0 bridgehead atoms. The lowest BCUT2D eigenvalue weighted by Crippen LogP contribution is -2.20. The maximum Gasteiger partial charge on any atom is 0.433 e. The van der Waals surface area contributed by atoms with Crippen LogP contribution in [-0.4, -0.2) is 27.5 Å². The summed E-state index contributed by atoms with van der Waals surface area (Å²) in [4.78, 5) is 23.4. The zero-order valence-electron chi connectivity index (χ0n) is 10.1. The lowest BCUT2D eigenvalue weighted by molar-refractivity contribution is -0.384. The molecule has 0 aliphatic heterocycles. The Morgan fingerprint density at radius 2 is 2.20 bits per heavy atom. The van der Waals surface area contributed by atoms with Crippen LogP contribution in [0.4, 0.5) is 24.5 Å². The Kier molecular flexibility index (Phi) is 4.48. The van der Waals surface area contributed by atoms with Crippen LogP contribution in [0.5, 0.6) is 0 Å². The van der Waals surface area contributed by atoms with Crippen LogP contribution in [0, 0.1) is 16.0 Å². The lowest BCUT2D eigenvalue weighted by Gasteiger charge is -2.12.